The van der Waals surface area contributed by atoms with Gasteiger partial charge in [0, 0.05) is 6.54 Å². The molecule has 5 fully saturated rings. The third-order valence-corrected chi connectivity index (χ3v) is 6.63. The highest BCUT2D eigenvalue weighted by Crippen LogP contribution is 2.56. The molecule has 1 saturated heterocycles. The summed E-state index contributed by atoms with van der Waals surface area (Å²) in [5, 5.41) is 9.35. The zero-order chi connectivity index (χ0) is 12.8. The van der Waals surface area contributed by atoms with E-state index in [1.165, 1.54) is 51.6 Å². The average molecular weight is 258 g/mol. The van der Waals surface area contributed by atoms with Gasteiger partial charge in [-0.1, -0.05) is 0 Å². The van der Waals surface area contributed by atoms with E-state index in [0.29, 0.717) is 0 Å². The molecular weight excluding hydrogens is 232 g/mol. The minimum Gasteiger partial charge on any atom is -0.288 e. The Morgan fingerprint density at radius 3 is 2.26 bits per heavy atom. The lowest BCUT2D eigenvalue weighted by molar-refractivity contribution is -0.0535. The van der Waals surface area contributed by atoms with Gasteiger partial charge >= 0.3 is 0 Å². The fourth-order valence-corrected chi connectivity index (χ4v) is 5.96. The molecule has 1 unspecified atom stereocenters. The summed E-state index contributed by atoms with van der Waals surface area (Å²) in [7, 11) is 0. The first-order valence-electron chi connectivity index (χ1n) is 8.47. The molecule has 4 aliphatic carbocycles. The zero-order valence-electron chi connectivity index (χ0n) is 11.9. The number of nitrogens with zero attached hydrogens (tertiary/aromatic N) is 2. The van der Waals surface area contributed by atoms with Crippen molar-refractivity contribution in [1.82, 2.24) is 4.90 Å². The van der Waals surface area contributed by atoms with Crippen LogP contribution in [0.2, 0.25) is 0 Å². The second-order valence-electron chi connectivity index (χ2n) is 7.73. The summed E-state index contributed by atoms with van der Waals surface area (Å²) in [5.41, 5.74) is 0. The number of piperidine rings is 1. The normalized spacial score (nSPS) is 49.2. The van der Waals surface area contributed by atoms with Crippen LogP contribution in [0.3, 0.4) is 0 Å². The van der Waals surface area contributed by atoms with Crippen molar-refractivity contribution in [2.75, 3.05) is 13.1 Å². The second kappa shape index (κ2) is 4.77. The van der Waals surface area contributed by atoms with Crippen molar-refractivity contribution in [2.45, 2.75) is 57.4 Å². The molecule has 0 aromatic carbocycles. The molecule has 4 bridgehead atoms. The Hall–Kier alpha value is -0.550. The van der Waals surface area contributed by atoms with Crippen LogP contribution in [0.5, 0.6) is 0 Å². The van der Waals surface area contributed by atoms with Gasteiger partial charge in [0.05, 0.1) is 12.1 Å². The Morgan fingerprint density at radius 2 is 1.63 bits per heavy atom. The SMILES string of the molecule is N#CC1CCCCN1CC1C2CC3CC(C2)CC1C3. The lowest BCUT2D eigenvalue weighted by atomic mass is 9.52. The highest BCUT2D eigenvalue weighted by atomic mass is 15.2. The summed E-state index contributed by atoms with van der Waals surface area (Å²) in [5.74, 6) is 5.11. The Morgan fingerprint density at radius 1 is 0.947 bits per heavy atom. The number of hydrogen-bond donors (Lipinski definition) is 0. The molecule has 4 saturated carbocycles. The minimum atomic E-state index is 0.228. The monoisotopic (exact) mass is 258 g/mol. The summed E-state index contributed by atoms with van der Waals surface area (Å²) < 4.78 is 0. The number of hydrogen-bond acceptors (Lipinski definition) is 2. The number of rotatable bonds is 2. The Labute approximate surface area is 117 Å². The van der Waals surface area contributed by atoms with Crippen molar-refractivity contribution in [3.8, 4) is 6.07 Å². The largest absolute Gasteiger partial charge is 0.288 e. The molecule has 5 rings (SSSR count). The lowest BCUT2D eigenvalue weighted by Gasteiger charge is -2.55. The Balaban J connectivity index is 1.46. The van der Waals surface area contributed by atoms with Crippen LogP contribution in [0.4, 0.5) is 0 Å². The van der Waals surface area contributed by atoms with E-state index in [1.807, 2.05) is 0 Å². The van der Waals surface area contributed by atoms with Crippen LogP contribution >= 0.6 is 0 Å². The molecule has 1 atom stereocenters. The summed E-state index contributed by atoms with van der Waals surface area (Å²) in [6, 6.07) is 2.78. The van der Waals surface area contributed by atoms with Gasteiger partial charge in [-0.3, -0.25) is 4.90 Å². The van der Waals surface area contributed by atoms with E-state index in [2.05, 4.69) is 11.0 Å². The van der Waals surface area contributed by atoms with Gasteiger partial charge in [0.25, 0.3) is 0 Å². The second-order valence-corrected chi connectivity index (χ2v) is 7.73. The van der Waals surface area contributed by atoms with Gasteiger partial charge in [0.2, 0.25) is 0 Å². The lowest BCUT2D eigenvalue weighted by Crippen LogP contribution is -2.51. The fraction of sp³-hybridized carbons (Fsp3) is 0.941. The van der Waals surface area contributed by atoms with Crippen LogP contribution in [-0.4, -0.2) is 24.0 Å². The zero-order valence-corrected chi connectivity index (χ0v) is 11.9. The molecule has 0 radical (unpaired) electrons. The molecular formula is C17H26N2. The van der Waals surface area contributed by atoms with E-state index in [9.17, 15) is 5.26 Å². The predicted octanol–water partition coefficient (Wildman–Crippen LogP) is 3.44. The van der Waals surface area contributed by atoms with E-state index >= 15 is 0 Å². The van der Waals surface area contributed by atoms with E-state index in [0.717, 1.165) is 36.0 Å². The van der Waals surface area contributed by atoms with Crippen molar-refractivity contribution in [3.63, 3.8) is 0 Å². The molecule has 1 aliphatic heterocycles. The maximum absolute atomic E-state index is 9.35. The summed E-state index contributed by atoms with van der Waals surface area (Å²) in [6.45, 7) is 2.42. The van der Waals surface area contributed by atoms with Crippen molar-refractivity contribution in [2.24, 2.45) is 29.6 Å². The van der Waals surface area contributed by atoms with Gasteiger partial charge in [-0.2, -0.15) is 5.26 Å². The molecule has 0 N–H and O–H groups in total. The molecule has 1 heterocycles. The molecule has 2 nitrogen and oxygen atoms in total. The van der Waals surface area contributed by atoms with Gasteiger partial charge in [-0.15, -0.1) is 0 Å². The van der Waals surface area contributed by atoms with Crippen LogP contribution < -0.4 is 0 Å². The van der Waals surface area contributed by atoms with Crippen LogP contribution in [0.15, 0.2) is 0 Å². The topological polar surface area (TPSA) is 27.0 Å². The molecule has 0 aromatic rings. The first kappa shape index (κ1) is 12.2. The molecule has 0 amide bonds. The molecule has 5 aliphatic rings. The van der Waals surface area contributed by atoms with Crippen LogP contribution in [0, 0.1) is 40.9 Å². The predicted molar refractivity (Wildman–Crippen MR) is 75.4 cm³/mol. The molecule has 0 spiro atoms. The maximum Gasteiger partial charge on any atom is 0.0978 e. The Kier molecular flexibility index (Phi) is 3.07. The first-order chi connectivity index (χ1) is 9.33. The first-order valence-corrected chi connectivity index (χ1v) is 8.47. The van der Waals surface area contributed by atoms with Crippen LogP contribution in [0.1, 0.15) is 51.4 Å². The minimum absolute atomic E-state index is 0.228. The molecule has 104 valence electrons. The Bertz CT molecular complexity index is 355. The van der Waals surface area contributed by atoms with Crippen LogP contribution in [0.25, 0.3) is 0 Å². The van der Waals surface area contributed by atoms with Gasteiger partial charge in [-0.05, 0) is 87.5 Å². The highest BCUT2D eigenvalue weighted by molar-refractivity contribution is 5.01. The standard InChI is InChI=1S/C17H26N2/c18-10-16-3-1-2-4-19(16)11-17-14-6-12-5-13(8-14)9-15(17)7-12/h12-17H,1-9,11H2. The van der Waals surface area contributed by atoms with Crippen molar-refractivity contribution >= 4 is 0 Å². The smallest absolute Gasteiger partial charge is 0.0978 e. The summed E-state index contributed by atoms with van der Waals surface area (Å²) in [6.07, 6.45) is 11.3. The van der Waals surface area contributed by atoms with Crippen molar-refractivity contribution < 1.29 is 0 Å². The third kappa shape index (κ3) is 2.11. The van der Waals surface area contributed by atoms with E-state index < -0.39 is 0 Å². The summed E-state index contributed by atoms with van der Waals surface area (Å²) in [4.78, 5) is 2.54. The van der Waals surface area contributed by atoms with E-state index in [4.69, 9.17) is 0 Å². The van der Waals surface area contributed by atoms with E-state index in [1.54, 1.807) is 6.42 Å². The molecule has 0 aromatic heterocycles. The number of likely N-dealkylation sites (tertiary alicyclic amines) is 1. The van der Waals surface area contributed by atoms with Crippen LogP contribution in [-0.2, 0) is 0 Å². The van der Waals surface area contributed by atoms with E-state index in [-0.39, 0.29) is 6.04 Å². The fourth-order valence-electron chi connectivity index (χ4n) is 5.96. The van der Waals surface area contributed by atoms with Gasteiger partial charge in [-0.25, -0.2) is 0 Å². The van der Waals surface area contributed by atoms with Gasteiger partial charge in [0.1, 0.15) is 0 Å². The molecule has 19 heavy (non-hydrogen) atoms. The molecule has 2 heteroatoms. The average Bonchev–Trinajstić information content (AvgIpc) is 2.42. The van der Waals surface area contributed by atoms with Gasteiger partial charge in [0.15, 0.2) is 0 Å². The maximum atomic E-state index is 9.35. The third-order valence-electron chi connectivity index (χ3n) is 6.63. The highest BCUT2D eigenvalue weighted by Gasteiger charge is 2.48. The van der Waals surface area contributed by atoms with Crippen molar-refractivity contribution in [1.29, 1.82) is 5.26 Å². The quantitative estimate of drug-likeness (QED) is 0.758. The van der Waals surface area contributed by atoms with Crippen molar-refractivity contribution in [3.05, 3.63) is 0 Å². The van der Waals surface area contributed by atoms with Gasteiger partial charge < -0.3 is 0 Å². The number of nitriles is 1. The summed E-state index contributed by atoms with van der Waals surface area (Å²) >= 11 is 0.